The zero-order chi connectivity index (χ0) is 22.8. The van der Waals surface area contributed by atoms with Gasteiger partial charge in [0.2, 0.25) is 10.0 Å². The number of anilines is 2. The van der Waals surface area contributed by atoms with Crippen molar-refractivity contribution in [2.75, 3.05) is 17.5 Å². The van der Waals surface area contributed by atoms with Crippen LogP contribution in [0.1, 0.15) is 31.9 Å². The molecule has 0 saturated carbocycles. The van der Waals surface area contributed by atoms with E-state index in [9.17, 15) is 8.42 Å². The van der Waals surface area contributed by atoms with Gasteiger partial charge in [0.25, 0.3) is 0 Å². The number of epoxide rings is 1. The van der Waals surface area contributed by atoms with Crippen molar-refractivity contribution in [1.29, 1.82) is 0 Å². The van der Waals surface area contributed by atoms with Crippen LogP contribution in [0.3, 0.4) is 0 Å². The highest BCUT2D eigenvalue weighted by atomic mass is 32.2. The van der Waals surface area contributed by atoms with E-state index in [1.165, 1.54) is 4.31 Å². The van der Waals surface area contributed by atoms with Crippen molar-refractivity contribution in [3.63, 3.8) is 0 Å². The molecule has 1 aliphatic heterocycles. The summed E-state index contributed by atoms with van der Waals surface area (Å²) in [5, 5.41) is 0. The summed E-state index contributed by atoms with van der Waals surface area (Å²) in [6.07, 6.45) is 0.118. The highest BCUT2D eigenvalue weighted by Crippen LogP contribution is 2.40. The van der Waals surface area contributed by atoms with Crippen LogP contribution in [0.4, 0.5) is 11.4 Å². The molecular weight excluding hydrogens is 422 g/mol. The maximum atomic E-state index is 13.8. The Kier molecular flexibility index (Phi) is 6.26. The molecule has 3 aromatic rings. The average Bonchev–Trinajstić information content (AvgIpc) is 3.57. The average molecular weight is 452 g/mol. The van der Waals surface area contributed by atoms with Gasteiger partial charge in [-0.25, -0.2) is 12.7 Å². The minimum absolute atomic E-state index is 0.104. The van der Waals surface area contributed by atoms with Gasteiger partial charge in [-0.15, -0.1) is 0 Å². The molecule has 0 bridgehead atoms. The summed E-state index contributed by atoms with van der Waals surface area (Å²) in [7, 11) is -3.75. The number of nitrogens with zero attached hydrogens (tertiary/aromatic N) is 1. The van der Waals surface area contributed by atoms with E-state index in [0.29, 0.717) is 30.3 Å². The molecule has 6 heteroatoms. The number of hydrogen-bond donors (Lipinski definition) is 0. The number of para-hydroxylation sites is 1. The fraction of sp³-hybridized carbons (Fsp3) is 0.308. The molecule has 32 heavy (non-hydrogen) atoms. The third-order valence-corrected chi connectivity index (χ3v) is 6.96. The number of benzene rings is 3. The summed E-state index contributed by atoms with van der Waals surface area (Å²) in [4.78, 5) is 0. The molecule has 0 amide bonds. The van der Waals surface area contributed by atoms with Crippen LogP contribution in [0.25, 0.3) is 0 Å². The van der Waals surface area contributed by atoms with E-state index in [2.05, 4.69) is 20.8 Å². The lowest BCUT2D eigenvalue weighted by Gasteiger charge is -2.31. The van der Waals surface area contributed by atoms with Crippen LogP contribution in [0, 0.1) is 0 Å². The maximum Gasteiger partial charge on any atom is 0.243 e. The highest BCUT2D eigenvalue weighted by molar-refractivity contribution is 7.92. The molecule has 4 rings (SSSR count). The molecule has 1 fully saturated rings. The van der Waals surface area contributed by atoms with Crippen LogP contribution in [0.5, 0.6) is 5.75 Å². The Labute approximate surface area is 190 Å². The third kappa shape index (κ3) is 5.31. The SMILES string of the molecule is CC(C)(C)c1ccc(OCC2CO2)cc1N(c1ccccc1)S(=O)(=O)Cc1ccccc1. The van der Waals surface area contributed by atoms with E-state index in [1.807, 2.05) is 78.9 Å². The second kappa shape index (κ2) is 8.96. The minimum atomic E-state index is -3.75. The smallest absolute Gasteiger partial charge is 0.243 e. The molecule has 0 aromatic heterocycles. The summed E-state index contributed by atoms with van der Waals surface area (Å²) >= 11 is 0. The van der Waals surface area contributed by atoms with Crippen LogP contribution < -0.4 is 9.04 Å². The Bertz CT molecular complexity index is 1150. The summed E-state index contributed by atoms with van der Waals surface area (Å²) in [5.74, 6) is 0.521. The van der Waals surface area contributed by atoms with Gasteiger partial charge in [0, 0.05) is 6.07 Å². The van der Waals surface area contributed by atoms with E-state index in [0.717, 1.165) is 11.1 Å². The van der Waals surface area contributed by atoms with Gasteiger partial charge < -0.3 is 9.47 Å². The van der Waals surface area contributed by atoms with Crippen molar-refractivity contribution in [2.24, 2.45) is 0 Å². The number of hydrogen-bond acceptors (Lipinski definition) is 4. The minimum Gasteiger partial charge on any atom is -0.491 e. The van der Waals surface area contributed by atoms with Gasteiger partial charge in [0.15, 0.2) is 0 Å². The van der Waals surface area contributed by atoms with Gasteiger partial charge in [-0.1, -0.05) is 75.4 Å². The molecule has 1 saturated heterocycles. The molecule has 1 unspecified atom stereocenters. The van der Waals surface area contributed by atoms with Crippen molar-refractivity contribution in [3.05, 3.63) is 90.0 Å². The maximum absolute atomic E-state index is 13.8. The van der Waals surface area contributed by atoms with Crippen molar-refractivity contribution in [1.82, 2.24) is 0 Å². The lowest BCUT2D eigenvalue weighted by atomic mass is 9.85. The summed E-state index contributed by atoms with van der Waals surface area (Å²) in [6.45, 7) is 7.40. The van der Waals surface area contributed by atoms with Gasteiger partial charge in [-0.05, 0) is 34.7 Å². The third-order valence-electron chi connectivity index (χ3n) is 5.30. The topological polar surface area (TPSA) is 59.1 Å². The lowest BCUT2D eigenvalue weighted by Crippen LogP contribution is -2.30. The van der Waals surface area contributed by atoms with Gasteiger partial charge in [-0.2, -0.15) is 0 Å². The Morgan fingerprint density at radius 3 is 2.19 bits per heavy atom. The standard InChI is InChI=1S/C26H29NO4S/c1-26(2,3)24-15-14-22(30-17-23-18-31-23)16-25(24)27(21-12-8-5-9-13-21)32(28,29)19-20-10-6-4-7-11-20/h4-16,23H,17-19H2,1-3H3. The van der Waals surface area contributed by atoms with E-state index in [4.69, 9.17) is 9.47 Å². The molecule has 0 spiro atoms. The fourth-order valence-electron chi connectivity index (χ4n) is 3.62. The van der Waals surface area contributed by atoms with Crippen LogP contribution in [-0.4, -0.2) is 27.7 Å². The first kappa shape index (κ1) is 22.4. The summed E-state index contributed by atoms with van der Waals surface area (Å²) in [5.41, 5.74) is 2.59. The van der Waals surface area contributed by atoms with E-state index < -0.39 is 10.0 Å². The van der Waals surface area contributed by atoms with Crippen LogP contribution in [0.15, 0.2) is 78.9 Å². The fourth-order valence-corrected chi connectivity index (χ4v) is 5.26. The first-order chi connectivity index (χ1) is 15.2. The summed E-state index contributed by atoms with van der Waals surface area (Å²) < 4.78 is 40.3. The first-order valence-corrected chi connectivity index (χ1v) is 12.4. The molecular formula is C26H29NO4S. The number of ether oxygens (including phenoxy) is 2. The first-order valence-electron chi connectivity index (χ1n) is 10.7. The largest absolute Gasteiger partial charge is 0.491 e. The summed E-state index contributed by atoms with van der Waals surface area (Å²) in [6, 6.07) is 24.2. The Balaban J connectivity index is 1.83. The van der Waals surface area contributed by atoms with E-state index in [-0.39, 0.29) is 17.3 Å². The Hall–Kier alpha value is -2.83. The predicted molar refractivity (Wildman–Crippen MR) is 128 cm³/mol. The van der Waals surface area contributed by atoms with Crippen LogP contribution >= 0.6 is 0 Å². The Morgan fingerprint density at radius 2 is 1.59 bits per heavy atom. The van der Waals surface area contributed by atoms with Crippen LogP contribution in [-0.2, 0) is 25.9 Å². The molecule has 1 heterocycles. The van der Waals surface area contributed by atoms with Crippen molar-refractivity contribution in [2.45, 2.75) is 38.0 Å². The normalized spacial score (nSPS) is 15.9. The second-order valence-corrected chi connectivity index (χ2v) is 10.9. The van der Waals surface area contributed by atoms with Gasteiger partial charge >= 0.3 is 0 Å². The lowest BCUT2D eigenvalue weighted by molar-refractivity contribution is 0.263. The molecule has 3 aromatic carbocycles. The molecule has 1 aliphatic rings. The second-order valence-electron chi connectivity index (χ2n) is 9.04. The zero-order valence-electron chi connectivity index (χ0n) is 18.7. The molecule has 1 atom stereocenters. The highest BCUT2D eigenvalue weighted by Gasteiger charge is 2.31. The Morgan fingerprint density at radius 1 is 0.969 bits per heavy atom. The van der Waals surface area contributed by atoms with E-state index >= 15 is 0 Å². The monoisotopic (exact) mass is 451 g/mol. The van der Waals surface area contributed by atoms with Gasteiger partial charge in [-0.3, -0.25) is 0 Å². The molecule has 0 radical (unpaired) electrons. The molecule has 168 valence electrons. The van der Waals surface area contributed by atoms with E-state index in [1.54, 1.807) is 0 Å². The van der Waals surface area contributed by atoms with Crippen LogP contribution in [0.2, 0.25) is 0 Å². The van der Waals surface area contributed by atoms with Crippen molar-refractivity contribution >= 4 is 21.4 Å². The van der Waals surface area contributed by atoms with Gasteiger partial charge in [0.05, 0.1) is 23.7 Å². The number of rotatable bonds is 8. The quantitative estimate of drug-likeness (QED) is 0.429. The van der Waals surface area contributed by atoms with Crippen molar-refractivity contribution < 1.29 is 17.9 Å². The van der Waals surface area contributed by atoms with Crippen molar-refractivity contribution in [3.8, 4) is 5.75 Å². The number of sulfonamides is 1. The molecule has 0 N–H and O–H groups in total. The molecule has 5 nitrogen and oxygen atoms in total. The predicted octanol–water partition coefficient (Wildman–Crippen LogP) is 5.43. The zero-order valence-corrected chi connectivity index (χ0v) is 19.5. The van der Waals surface area contributed by atoms with Gasteiger partial charge in [0.1, 0.15) is 18.5 Å². The molecule has 0 aliphatic carbocycles.